The zero-order valence-corrected chi connectivity index (χ0v) is 79.2. The third-order valence-corrected chi connectivity index (χ3v) is 28.3. The number of hydrogen-bond acceptors (Lipinski definition) is 18. The SMILES string of the molecule is Cc1cc(C)n(CCN(CCn2nc(C)cc2C)Cc2cc3c(OS(=O)(=O)c4ccc(Br)cc4)c(c2)Cc2cc(C(C)(C)C)cc(c2OS(=O)(=O)c2ccc(Br)cc2)Cc2cc(CN(CCn4nc(C)cc4C)CCn4nc(C)cc4C)cc(c2OS(=O)(=O)c2ccc(Br)cc2)Cc2cc(C(C)(C)C)cc(c2OS(=O)(=O)c2ccc(Br)cc2)C3)n1. The summed E-state index contributed by atoms with van der Waals surface area (Å²) in [6.07, 6.45) is -1.14. The molecule has 120 heavy (non-hydrogen) atoms. The second kappa shape index (κ2) is 36.1. The van der Waals surface area contributed by atoms with Crippen LogP contribution in [0.1, 0.15) is 154 Å². The van der Waals surface area contributed by atoms with E-state index in [-0.39, 0.29) is 126 Å². The highest BCUT2D eigenvalue weighted by atomic mass is 79.9. The Labute approximate surface area is 738 Å². The quantitative estimate of drug-likeness (QED) is 0.0413. The van der Waals surface area contributed by atoms with Crippen LogP contribution < -0.4 is 16.7 Å². The molecule has 8 aromatic carbocycles. The van der Waals surface area contributed by atoms with Crippen LogP contribution >= 0.6 is 63.7 Å². The lowest BCUT2D eigenvalue weighted by Gasteiger charge is -2.28. The van der Waals surface area contributed by atoms with E-state index < -0.39 is 51.3 Å². The van der Waals surface area contributed by atoms with Gasteiger partial charge in [-0.2, -0.15) is 54.1 Å². The van der Waals surface area contributed by atoms with Crippen molar-refractivity contribution in [3.05, 3.63) is 300 Å². The summed E-state index contributed by atoms with van der Waals surface area (Å²) in [6, 6.07) is 47.3. The summed E-state index contributed by atoms with van der Waals surface area (Å²) in [7, 11) is -19.3. The van der Waals surface area contributed by atoms with Gasteiger partial charge in [0, 0.05) is 150 Å². The minimum absolute atomic E-state index is 0.136. The fraction of sp³-hybridized carbons (Fsp3) is 0.333. The van der Waals surface area contributed by atoms with Crippen LogP contribution in [-0.2, 0) is 116 Å². The number of rotatable bonds is 28. The van der Waals surface area contributed by atoms with Crippen molar-refractivity contribution in [1.29, 1.82) is 0 Å². The number of nitrogens with zero attached hydrogens (tertiary/aromatic N) is 10. The lowest BCUT2D eigenvalue weighted by Crippen LogP contribution is -2.31. The van der Waals surface area contributed by atoms with Gasteiger partial charge < -0.3 is 16.7 Å². The van der Waals surface area contributed by atoms with Crippen molar-refractivity contribution in [2.45, 2.75) is 192 Å². The molecule has 0 fully saturated rings. The van der Waals surface area contributed by atoms with Crippen LogP contribution in [0.2, 0.25) is 0 Å². The number of benzene rings is 8. The van der Waals surface area contributed by atoms with E-state index in [0.717, 1.165) is 45.6 Å². The monoisotopic (exact) mass is 1950 g/mol. The molecule has 0 spiro atoms. The first kappa shape index (κ1) is 89.2. The van der Waals surface area contributed by atoms with Crippen LogP contribution in [0.25, 0.3) is 0 Å². The minimum atomic E-state index is -4.84. The molecule has 12 aromatic rings. The zero-order valence-electron chi connectivity index (χ0n) is 69.6. The van der Waals surface area contributed by atoms with E-state index >= 15 is 33.7 Å². The average molecular weight is 1960 g/mol. The molecule has 22 nitrogen and oxygen atoms in total. The van der Waals surface area contributed by atoms with Crippen LogP contribution in [0.4, 0.5) is 0 Å². The first-order valence-electron chi connectivity index (χ1n) is 39.4. The molecule has 1 aliphatic rings. The lowest BCUT2D eigenvalue weighted by molar-refractivity contribution is 0.235. The molecule has 0 unspecified atom stereocenters. The first-order chi connectivity index (χ1) is 56.5. The number of halogens is 4. The summed E-state index contributed by atoms with van der Waals surface area (Å²) in [4.78, 5) is 3.79. The summed E-state index contributed by atoms with van der Waals surface area (Å²) >= 11 is 14.0. The van der Waals surface area contributed by atoms with Crippen LogP contribution in [0, 0.1) is 55.4 Å². The normalized spacial score (nSPS) is 13.0. The highest BCUT2D eigenvalue weighted by molar-refractivity contribution is 9.11. The van der Waals surface area contributed by atoms with Crippen molar-refractivity contribution >= 4 is 104 Å². The average Bonchev–Trinajstić information content (AvgIpc) is 1.00. The highest BCUT2D eigenvalue weighted by Gasteiger charge is 2.35. The Morgan fingerprint density at radius 1 is 0.308 bits per heavy atom. The maximum absolute atomic E-state index is 15.7. The van der Waals surface area contributed by atoms with E-state index in [2.05, 4.69) is 73.5 Å². The molecule has 8 bridgehead atoms. The summed E-state index contributed by atoms with van der Waals surface area (Å²) in [6.45, 7) is 32.3. The van der Waals surface area contributed by atoms with E-state index in [0.29, 0.717) is 92.5 Å². The van der Waals surface area contributed by atoms with Crippen molar-refractivity contribution in [2.75, 3.05) is 26.2 Å². The summed E-state index contributed by atoms with van der Waals surface area (Å²) < 4.78 is 163. The lowest BCUT2D eigenvalue weighted by atomic mass is 9.81. The van der Waals surface area contributed by atoms with Crippen LogP contribution in [-0.4, -0.2) is 109 Å². The Morgan fingerprint density at radius 3 is 0.675 bits per heavy atom. The minimum Gasteiger partial charge on any atom is -0.378 e. The molecule has 4 heterocycles. The smallest absolute Gasteiger partial charge is 0.339 e. The largest absolute Gasteiger partial charge is 0.378 e. The molecule has 632 valence electrons. The first-order valence-corrected chi connectivity index (χ1v) is 48.2. The standard InChI is InChI=1S/C90H98Br4N10O12S4/c1-57-39-61(5)101(95-57)35-31-99(32-36-102-62(6)40-58(2)96-102)55-65-43-67-47-71-51-75(89(9,10)11)53-73(87(71)115-119(109,110)83-27-19-79(93)20-28-83)49-69-45-66(56-100(33-37-103-63(7)41-59(3)97-103)34-38-104-64(8)42-60(4)98-104)46-70(86(69)114-118(107,108)82-25-17-78(92)18-26-82)50-74-54-76(90(12,13)14)52-72(88(74)116-120(111,112)84-29-21-80(94)22-30-84)48-68(44-65)85(67)113-117(105,106)81-23-15-77(91)16-24-81/h15-30,39-46,51-54H,31-38,47-50,55-56H2,1-14H3. The Balaban J connectivity index is 1.15. The van der Waals surface area contributed by atoms with Crippen molar-refractivity contribution in [3.63, 3.8) is 0 Å². The molecule has 30 heteroatoms. The maximum Gasteiger partial charge on any atom is 0.339 e. The van der Waals surface area contributed by atoms with Crippen LogP contribution in [0.5, 0.6) is 23.0 Å². The third-order valence-electron chi connectivity index (χ3n) is 21.3. The van der Waals surface area contributed by atoms with Gasteiger partial charge in [-0.15, -0.1) is 0 Å². The van der Waals surface area contributed by atoms with E-state index in [9.17, 15) is 0 Å². The van der Waals surface area contributed by atoms with E-state index in [4.69, 9.17) is 37.1 Å². The van der Waals surface area contributed by atoms with E-state index in [1.54, 1.807) is 48.5 Å². The number of aromatic nitrogens is 8. The molecule has 0 amide bonds. The number of fused-ring (bicyclic) bond motifs is 8. The fourth-order valence-electron chi connectivity index (χ4n) is 15.2. The molecule has 13 rings (SSSR count). The zero-order chi connectivity index (χ0) is 86.3. The van der Waals surface area contributed by atoms with E-state index in [1.807, 2.05) is 188 Å². The Morgan fingerprint density at radius 2 is 0.500 bits per heavy atom. The predicted octanol–water partition coefficient (Wildman–Crippen LogP) is 18.7. The molecule has 1 aliphatic carbocycles. The summed E-state index contributed by atoms with van der Waals surface area (Å²) in [5, 5.41) is 19.4. The third kappa shape index (κ3) is 21.7. The second-order valence-corrected chi connectivity index (χ2v) is 42.9. The molecule has 0 saturated heterocycles. The Hall–Kier alpha value is -8.56. The van der Waals surface area contributed by atoms with Crippen LogP contribution in [0.15, 0.2) is 207 Å². The van der Waals surface area contributed by atoms with Gasteiger partial charge >= 0.3 is 40.5 Å². The maximum atomic E-state index is 15.7. The fourth-order valence-corrected chi connectivity index (χ4v) is 20.2. The highest BCUT2D eigenvalue weighted by Crippen LogP contribution is 2.46. The van der Waals surface area contributed by atoms with Gasteiger partial charge in [0.2, 0.25) is 0 Å². The van der Waals surface area contributed by atoms with Gasteiger partial charge in [-0.1, -0.05) is 154 Å². The summed E-state index contributed by atoms with van der Waals surface area (Å²) in [5.74, 6) is -0.546. The molecular formula is C90H98Br4N10O12S4. The van der Waals surface area contributed by atoms with Gasteiger partial charge in [0.05, 0.1) is 49.0 Å². The van der Waals surface area contributed by atoms with Crippen LogP contribution in [0.3, 0.4) is 0 Å². The molecule has 0 N–H and O–H groups in total. The van der Waals surface area contributed by atoms with Gasteiger partial charge in [0.15, 0.2) is 0 Å². The van der Waals surface area contributed by atoms with Crippen molar-refractivity contribution in [2.24, 2.45) is 0 Å². The van der Waals surface area contributed by atoms with Crippen molar-refractivity contribution < 1.29 is 50.4 Å². The van der Waals surface area contributed by atoms with Crippen molar-refractivity contribution in [3.8, 4) is 23.0 Å². The topological polar surface area (TPSA) is 251 Å². The molecule has 0 aliphatic heterocycles. The molecular weight excluding hydrogens is 1860 g/mol. The molecule has 0 atom stereocenters. The molecule has 4 aromatic heterocycles. The second-order valence-electron chi connectivity index (χ2n) is 33.1. The summed E-state index contributed by atoms with van der Waals surface area (Å²) in [5.41, 5.74) is 10.7. The Kier molecular flexibility index (Phi) is 26.8. The van der Waals surface area contributed by atoms with Gasteiger partial charge in [-0.05, 0) is 210 Å². The predicted molar refractivity (Wildman–Crippen MR) is 480 cm³/mol. The van der Waals surface area contributed by atoms with Gasteiger partial charge in [-0.25, -0.2) is 0 Å². The number of aryl methyl sites for hydroxylation is 8. The Bertz CT molecular complexity index is 5740. The van der Waals surface area contributed by atoms with E-state index in [1.165, 1.54) is 48.5 Å². The van der Waals surface area contributed by atoms with Gasteiger partial charge in [-0.3, -0.25) is 28.5 Å². The van der Waals surface area contributed by atoms with Gasteiger partial charge in [0.1, 0.15) is 42.6 Å². The molecule has 0 saturated carbocycles. The molecule has 0 radical (unpaired) electrons. The number of hydrogen-bond donors (Lipinski definition) is 0. The van der Waals surface area contributed by atoms with Gasteiger partial charge in [0.25, 0.3) is 0 Å². The van der Waals surface area contributed by atoms with Crippen molar-refractivity contribution in [1.82, 2.24) is 48.9 Å².